The van der Waals surface area contributed by atoms with Crippen LogP contribution in [0, 0.1) is 0 Å². The SMILES string of the molecule is COc1ccc2c(c1)C(=O)N2C(=O)NC(=O)CC1C(=O)NC/S1=N\N=C(C)C. The van der Waals surface area contributed by atoms with Gasteiger partial charge in [-0.05, 0) is 42.7 Å². The summed E-state index contributed by atoms with van der Waals surface area (Å²) in [6.45, 7) is 3.55. The number of hydrogen-bond donors (Lipinski definition) is 2. The molecular formula is C17H19N5O5S. The van der Waals surface area contributed by atoms with Gasteiger partial charge >= 0.3 is 6.03 Å². The van der Waals surface area contributed by atoms with Gasteiger partial charge in [-0.25, -0.2) is 9.69 Å². The van der Waals surface area contributed by atoms with Crippen molar-refractivity contribution in [3.63, 3.8) is 0 Å². The van der Waals surface area contributed by atoms with Crippen LogP contribution in [0.4, 0.5) is 10.5 Å². The molecule has 0 spiro atoms. The van der Waals surface area contributed by atoms with Crippen LogP contribution in [0.15, 0.2) is 27.8 Å². The van der Waals surface area contributed by atoms with E-state index < -0.39 is 33.8 Å². The maximum Gasteiger partial charge on any atom is 0.335 e. The molecule has 3 rings (SSSR count). The Kier molecular flexibility index (Phi) is 5.54. The summed E-state index contributed by atoms with van der Waals surface area (Å²) < 4.78 is 9.14. The lowest BCUT2D eigenvalue weighted by molar-refractivity contribution is -0.124. The van der Waals surface area contributed by atoms with E-state index in [2.05, 4.69) is 20.2 Å². The number of urea groups is 1. The monoisotopic (exact) mass is 405 g/mol. The second-order valence-corrected chi connectivity index (χ2v) is 8.11. The van der Waals surface area contributed by atoms with Crippen LogP contribution in [0.2, 0.25) is 0 Å². The molecule has 2 unspecified atom stereocenters. The first-order valence-electron chi connectivity index (χ1n) is 8.37. The fourth-order valence-electron chi connectivity index (χ4n) is 2.67. The fourth-order valence-corrected chi connectivity index (χ4v) is 4.28. The molecule has 1 aromatic carbocycles. The Morgan fingerprint density at radius 1 is 1.36 bits per heavy atom. The first kappa shape index (κ1) is 19.7. The lowest BCUT2D eigenvalue weighted by Crippen LogP contribution is -2.52. The summed E-state index contributed by atoms with van der Waals surface area (Å²) in [4.78, 5) is 49.6. The number of methoxy groups -OCH3 is 1. The van der Waals surface area contributed by atoms with E-state index in [4.69, 9.17) is 4.74 Å². The zero-order valence-corrected chi connectivity index (χ0v) is 16.3. The molecule has 0 aliphatic carbocycles. The zero-order valence-electron chi connectivity index (χ0n) is 15.5. The highest BCUT2D eigenvalue weighted by Crippen LogP contribution is 2.35. The molecule has 1 saturated heterocycles. The van der Waals surface area contributed by atoms with Crippen molar-refractivity contribution in [2.24, 2.45) is 9.57 Å². The van der Waals surface area contributed by atoms with Crippen molar-refractivity contribution >= 4 is 45.8 Å². The number of rotatable bonds is 4. The molecule has 0 saturated carbocycles. The first-order chi connectivity index (χ1) is 13.3. The molecule has 28 heavy (non-hydrogen) atoms. The van der Waals surface area contributed by atoms with Gasteiger partial charge in [0.05, 0.1) is 24.2 Å². The van der Waals surface area contributed by atoms with Crippen molar-refractivity contribution in [1.29, 1.82) is 0 Å². The van der Waals surface area contributed by atoms with Crippen molar-refractivity contribution < 1.29 is 23.9 Å². The van der Waals surface area contributed by atoms with Gasteiger partial charge in [-0.3, -0.25) is 19.7 Å². The Labute approximate surface area is 163 Å². The number of fused-ring (bicyclic) bond motifs is 1. The molecule has 0 radical (unpaired) electrons. The van der Waals surface area contributed by atoms with E-state index in [1.54, 1.807) is 26.0 Å². The van der Waals surface area contributed by atoms with Gasteiger partial charge in [0, 0.05) is 12.1 Å². The molecule has 5 amide bonds. The van der Waals surface area contributed by atoms with Crippen LogP contribution in [0.5, 0.6) is 5.75 Å². The average Bonchev–Trinajstić information content (AvgIpc) is 2.99. The smallest absolute Gasteiger partial charge is 0.335 e. The van der Waals surface area contributed by atoms with Crippen LogP contribution >= 0.6 is 0 Å². The van der Waals surface area contributed by atoms with E-state index in [9.17, 15) is 19.2 Å². The lowest BCUT2D eigenvalue weighted by Gasteiger charge is -2.31. The zero-order chi connectivity index (χ0) is 20.4. The Morgan fingerprint density at radius 3 is 2.79 bits per heavy atom. The Bertz CT molecular complexity index is 938. The highest BCUT2D eigenvalue weighted by molar-refractivity contribution is 7.89. The molecule has 0 bridgehead atoms. The molecule has 2 aliphatic rings. The van der Waals surface area contributed by atoms with Crippen molar-refractivity contribution in [2.45, 2.75) is 25.5 Å². The number of amides is 5. The average molecular weight is 405 g/mol. The minimum atomic E-state index is -0.856. The van der Waals surface area contributed by atoms with Gasteiger partial charge in [-0.15, -0.1) is 4.47 Å². The number of ether oxygens (including phenoxy) is 1. The van der Waals surface area contributed by atoms with E-state index >= 15 is 0 Å². The van der Waals surface area contributed by atoms with Gasteiger partial charge in [0.2, 0.25) is 11.8 Å². The Hall–Kier alpha value is -3.08. The van der Waals surface area contributed by atoms with Gasteiger partial charge in [0.1, 0.15) is 11.0 Å². The lowest BCUT2D eigenvalue weighted by atomic mass is 10.0. The number of carbonyl (C=O) groups excluding carboxylic acids is 4. The highest BCUT2D eigenvalue weighted by atomic mass is 32.2. The second-order valence-electron chi connectivity index (χ2n) is 6.29. The molecule has 2 heterocycles. The van der Waals surface area contributed by atoms with Gasteiger partial charge in [-0.2, -0.15) is 5.10 Å². The van der Waals surface area contributed by atoms with E-state index in [0.717, 1.165) is 10.6 Å². The maximum atomic E-state index is 12.3. The predicted octanol–water partition coefficient (Wildman–Crippen LogP) is 0.935. The first-order valence-corrected chi connectivity index (χ1v) is 9.79. The minimum Gasteiger partial charge on any atom is -0.497 e. The third-order valence-electron chi connectivity index (χ3n) is 4.06. The summed E-state index contributed by atoms with van der Waals surface area (Å²) in [7, 11) is 0.686. The molecule has 1 fully saturated rings. The number of hydrogen-bond acceptors (Lipinski definition) is 6. The molecule has 11 heteroatoms. The van der Waals surface area contributed by atoms with E-state index in [-0.39, 0.29) is 12.3 Å². The second kappa shape index (κ2) is 7.89. The van der Waals surface area contributed by atoms with E-state index in [1.807, 2.05) is 0 Å². The molecule has 2 aliphatic heterocycles. The summed E-state index contributed by atoms with van der Waals surface area (Å²) in [5, 5.41) is 8.07. The van der Waals surface area contributed by atoms with Crippen LogP contribution in [-0.4, -0.2) is 47.7 Å². The standard InChI is InChI=1S/C17H19N5O5S/c1-9(2)20-21-28-8-18-15(24)13(28)7-14(23)19-17(26)22-12-5-4-10(27-3)6-11(12)16(22)25/h4-6,13H,7-8H2,1-3H3,(H,18,24)(H,19,23,26). The number of nitrogens with zero attached hydrogens (tertiary/aromatic N) is 3. The quantitative estimate of drug-likeness (QED) is 0.569. The van der Waals surface area contributed by atoms with Crippen LogP contribution in [0.1, 0.15) is 30.6 Å². The van der Waals surface area contributed by atoms with Crippen LogP contribution in [0.3, 0.4) is 0 Å². The number of carbonyl (C=O) groups is 4. The molecule has 2 atom stereocenters. The van der Waals surface area contributed by atoms with Crippen LogP contribution in [0.25, 0.3) is 0 Å². The van der Waals surface area contributed by atoms with Crippen molar-refractivity contribution in [2.75, 3.05) is 17.9 Å². The van der Waals surface area contributed by atoms with Crippen LogP contribution < -0.4 is 20.3 Å². The number of benzene rings is 1. The summed E-state index contributed by atoms with van der Waals surface area (Å²) in [5.74, 6) is -0.694. The van der Waals surface area contributed by atoms with Crippen molar-refractivity contribution in [1.82, 2.24) is 10.6 Å². The van der Waals surface area contributed by atoms with Gasteiger partial charge in [-0.1, -0.05) is 0 Å². The topological polar surface area (TPSA) is 130 Å². The van der Waals surface area contributed by atoms with Crippen LogP contribution in [-0.2, 0) is 20.3 Å². The van der Waals surface area contributed by atoms with Crippen molar-refractivity contribution in [3.05, 3.63) is 23.8 Å². The molecular weight excluding hydrogens is 386 g/mol. The number of anilines is 1. The van der Waals surface area contributed by atoms with Gasteiger partial charge < -0.3 is 10.1 Å². The van der Waals surface area contributed by atoms with Gasteiger partial charge in [0.15, 0.2) is 0 Å². The summed E-state index contributed by atoms with van der Waals surface area (Å²) >= 11 is 0. The fraction of sp³-hybridized carbons (Fsp3) is 0.353. The largest absolute Gasteiger partial charge is 0.497 e. The number of imide groups is 2. The summed E-state index contributed by atoms with van der Waals surface area (Å²) in [5.41, 5.74) is 1.46. The predicted molar refractivity (Wildman–Crippen MR) is 103 cm³/mol. The summed E-state index contributed by atoms with van der Waals surface area (Å²) in [6.07, 6.45) is -0.222. The minimum absolute atomic E-state index is 0.222. The summed E-state index contributed by atoms with van der Waals surface area (Å²) in [6, 6.07) is 3.84. The van der Waals surface area contributed by atoms with E-state index in [1.165, 1.54) is 13.2 Å². The highest BCUT2D eigenvalue weighted by Gasteiger charge is 2.39. The Balaban J connectivity index is 1.65. The molecule has 10 nitrogen and oxygen atoms in total. The van der Waals surface area contributed by atoms with Crippen molar-refractivity contribution in [3.8, 4) is 5.75 Å². The van der Waals surface area contributed by atoms with Gasteiger partial charge in [0.25, 0.3) is 5.91 Å². The maximum absolute atomic E-state index is 12.3. The molecule has 148 valence electrons. The van der Waals surface area contributed by atoms with E-state index in [0.29, 0.717) is 22.9 Å². The molecule has 0 aromatic heterocycles. The third kappa shape index (κ3) is 3.79. The number of nitrogens with one attached hydrogen (secondary N) is 2. The molecule has 2 N–H and O–H groups in total. The molecule has 1 aromatic rings. The Morgan fingerprint density at radius 2 is 2.11 bits per heavy atom. The third-order valence-corrected chi connectivity index (χ3v) is 5.83. The normalized spacial score (nSPS) is 20.2.